The van der Waals surface area contributed by atoms with E-state index in [9.17, 15) is 29.1 Å². The van der Waals surface area contributed by atoms with Gasteiger partial charge in [0.1, 0.15) is 12.1 Å². The molecule has 0 saturated heterocycles. The predicted molar refractivity (Wildman–Crippen MR) is 132 cm³/mol. The molecule has 1 aromatic heterocycles. The first kappa shape index (κ1) is 28.3. The van der Waals surface area contributed by atoms with E-state index >= 15 is 0 Å². The van der Waals surface area contributed by atoms with Crippen molar-refractivity contribution in [3.05, 3.63) is 36.0 Å². The van der Waals surface area contributed by atoms with E-state index in [-0.39, 0.29) is 25.2 Å². The first-order valence-corrected chi connectivity index (χ1v) is 11.7. The number of aliphatic carboxylic acids is 1. The van der Waals surface area contributed by atoms with Crippen molar-refractivity contribution in [2.45, 2.75) is 57.7 Å². The molecule has 1 aromatic carbocycles. The van der Waals surface area contributed by atoms with Gasteiger partial charge in [-0.15, -0.1) is 0 Å². The minimum Gasteiger partial charge on any atom is -0.480 e. The molecule has 0 aliphatic heterocycles. The zero-order chi connectivity index (χ0) is 26.8. The molecule has 0 bridgehead atoms. The lowest BCUT2D eigenvalue weighted by Gasteiger charge is -2.24. The number of nitrogens with two attached hydrogens (primary N) is 2. The fourth-order valence-electron chi connectivity index (χ4n) is 3.67. The number of carbonyl (C=O) groups excluding carboxylic acids is 4. The second kappa shape index (κ2) is 13.2. The van der Waals surface area contributed by atoms with Gasteiger partial charge in [0.25, 0.3) is 0 Å². The third-order valence-corrected chi connectivity index (χ3v) is 5.98. The molecule has 0 fully saturated rings. The van der Waals surface area contributed by atoms with E-state index in [1.54, 1.807) is 20.0 Å². The topological polar surface area (TPSA) is 209 Å². The van der Waals surface area contributed by atoms with Crippen LogP contribution in [0.5, 0.6) is 0 Å². The van der Waals surface area contributed by atoms with Gasteiger partial charge in [0.05, 0.1) is 12.6 Å². The summed E-state index contributed by atoms with van der Waals surface area (Å²) >= 11 is 0. The van der Waals surface area contributed by atoms with Crippen LogP contribution in [-0.2, 0) is 30.4 Å². The summed E-state index contributed by atoms with van der Waals surface area (Å²) in [6.07, 6.45) is 2.18. The van der Waals surface area contributed by atoms with Crippen LogP contribution in [0.3, 0.4) is 0 Å². The number of fused-ring (bicyclic) bond motifs is 1. The third kappa shape index (κ3) is 8.08. The van der Waals surface area contributed by atoms with Crippen molar-refractivity contribution in [2.75, 3.05) is 6.54 Å². The molecule has 4 atom stereocenters. The smallest absolute Gasteiger partial charge is 0.326 e. The van der Waals surface area contributed by atoms with Crippen molar-refractivity contribution < 1.29 is 29.1 Å². The number of hydrogen-bond acceptors (Lipinski definition) is 6. The van der Waals surface area contributed by atoms with Crippen LogP contribution in [0.1, 0.15) is 38.7 Å². The molecule has 2 aromatic rings. The number of para-hydroxylation sites is 1. The van der Waals surface area contributed by atoms with Crippen molar-refractivity contribution in [1.29, 1.82) is 0 Å². The molecule has 196 valence electrons. The largest absolute Gasteiger partial charge is 0.480 e. The Labute approximate surface area is 208 Å². The SMILES string of the molecule is CCC(C)C(NC(=O)C(CCC(N)=O)NC(=O)CNC(=O)C(N)Cc1c[nH]c2ccccc12)C(=O)O. The number of rotatable bonds is 14. The van der Waals surface area contributed by atoms with E-state index in [0.717, 1.165) is 16.5 Å². The zero-order valence-corrected chi connectivity index (χ0v) is 20.4. The maximum atomic E-state index is 12.7. The minimum absolute atomic E-state index is 0.131. The molecule has 0 radical (unpaired) electrons. The molecular weight excluding hydrogens is 468 g/mol. The van der Waals surface area contributed by atoms with E-state index in [1.165, 1.54) is 0 Å². The Balaban J connectivity index is 1.95. The van der Waals surface area contributed by atoms with Crippen LogP contribution in [0.2, 0.25) is 0 Å². The van der Waals surface area contributed by atoms with Gasteiger partial charge in [0.2, 0.25) is 23.6 Å². The lowest BCUT2D eigenvalue weighted by Crippen LogP contribution is -2.55. The van der Waals surface area contributed by atoms with Gasteiger partial charge in [-0.25, -0.2) is 4.79 Å². The fraction of sp³-hybridized carbons (Fsp3) is 0.458. The minimum atomic E-state index is -1.22. The molecule has 0 aliphatic carbocycles. The Morgan fingerprint density at radius 1 is 1.08 bits per heavy atom. The monoisotopic (exact) mass is 502 g/mol. The number of benzene rings is 1. The normalized spacial score (nSPS) is 14.3. The Morgan fingerprint density at radius 2 is 1.78 bits per heavy atom. The quantitative estimate of drug-likeness (QED) is 0.180. The van der Waals surface area contributed by atoms with Gasteiger partial charge in [-0.2, -0.15) is 0 Å². The Morgan fingerprint density at radius 3 is 2.42 bits per heavy atom. The van der Waals surface area contributed by atoms with Gasteiger partial charge in [0, 0.05) is 23.5 Å². The molecule has 36 heavy (non-hydrogen) atoms. The average Bonchev–Trinajstić information content (AvgIpc) is 3.25. The van der Waals surface area contributed by atoms with Crippen molar-refractivity contribution >= 4 is 40.5 Å². The van der Waals surface area contributed by atoms with Crippen LogP contribution in [-0.4, -0.2) is 64.4 Å². The molecule has 0 spiro atoms. The highest BCUT2D eigenvalue weighted by Gasteiger charge is 2.30. The summed E-state index contributed by atoms with van der Waals surface area (Å²) in [7, 11) is 0. The fourth-order valence-corrected chi connectivity index (χ4v) is 3.67. The summed E-state index contributed by atoms with van der Waals surface area (Å²) in [4.78, 5) is 63.4. The molecule has 12 nitrogen and oxygen atoms in total. The van der Waals surface area contributed by atoms with Crippen LogP contribution in [0, 0.1) is 5.92 Å². The van der Waals surface area contributed by atoms with Gasteiger partial charge in [0.15, 0.2) is 0 Å². The maximum Gasteiger partial charge on any atom is 0.326 e. The standard InChI is InChI=1S/C24H34N6O6/c1-3-13(2)21(24(35)36)30-23(34)18(8-9-19(26)31)29-20(32)12-28-22(33)16(25)10-14-11-27-17-7-5-4-6-15(14)17/h4-7,11,13,16,18,21,27H,3,8-10,12,25H2,1-2H3,(H2,26,31)(H,28,33)(H,29,32)(H,30,34)(H,35,36). The lowest BCUT2D eigenvalue weighted by molar-refractivity contribution is -0.144. The summed E-state index contributed by atoms with van der Waals surface area (Å²) in [5.74, 6) is -4.29. The number of aromatic amines is 1. The highest BCUT2D eigenvalue weighted by molar-refractivity contribution is 5.93. The van der Waals surface area contributed by atoms with Gasteiger partial charge in [-0.05, 0) is 30.4 Å². The van der Waals surface area contributed by atoms with Gasteiger partial charge in [-0.1, -0.05) is 38.5 Å². The predicted octanol–water partition coefficient (Wildman–Crippen LogP) is -0.480. The molecule has 2 rings (SSSR count). The second-order valence-electron chi connectivity index (χ2n) is 8.72. The molecular formula is C24H34N6O6. The summed E-state index contributed by atoms with van der Waals surface area (Å²) in [6, 6.07) is 4.27. The Kier molecular flexibility index (Phi) is 10.4. The molecule has 0 aliphatic rings. The first-order chi connectivity index (χ1) is 17.0. The number of carboxylic acids is 1. The number of carboxylic acid groups (broad SMARTS) is 1. The second-order valence-corrected chi connectivity index (χ2v) is 8.72. The van der Waals surface area contributed by atoms with Gasteiger partial charge in [-0.3, -0.25) is 19.2 Å². The number of amides is 4. The van der Waals surface area contributed by atoms with E-state index in [1.807, 2.05) is 24.3 Å². The number of aromatic nitrogens is 1. The van der Waals surface area contributed by atoms with Gasteiger partial charge >= 0.3 is 5.97 Å². The zero-order valence-electron chi connectivity index (χ0n) is 20.4. The van der Waals surface area contributed by atoms with Crippen LogP contribution < -0.4 is 27.4 Å². The van der Waals surface area contributed by atoms with E-state index < -0.39 is 54.3 Å². The first-order valence-electron chi connectivity index (χ1n) is 11.7. The highest BCUT2D eigenvalue weighted by atomic mass is 16.4. The summed E-state index contributed by atoms with van der Waals surface area (Å²) < 4.78 is 0. The van der Waals surface area contributed by atoms with Crippen LogP contribution in [0.25, 0.3) is 10.9 Å². The molecule has 1 heterocycles. The molecule has 9 N–H and O–H groups in total. The van der Waals surface area contributed by atoms with Crippen molar-refractivity contribution in [1.82, 2.24) is 20.9 Å². The highest BCUT2D eigenvalue weighted by Crippen LogP contribution is 2.18. The maximum absolute atomic E-state index is 12.7. The van der Waals surface area contributed by atoms with Crippen molar-refractivity contribution in [3.8, 4) is 0 Å². The number of primary amides is 1. The lowest BCUT2D eigenvalue weighted by atomic mass is 9.98. The number of nitrogens with one attached hydrogen (secondary N) is 4. The third-order valence-electron chi connectivity index (χ3n) is 5.98. The van der Waals surface area contributed by atoms with E-state index in [0.29, 0.717) is 6.42 Å². The molecule has 4 amide bonds. The molecule has 0 saturated carbocycles. The van der Waals surface area contributed by atoms with Crippen molar-refractivity contribution in [3.63, 3.8) is 0 Å². The van der Waals surface area contributed by atoms with E-state index in [4.69, 9.17) is 11.5 Å². The number of H-pyrrole nitrogens is 1. The van der Waals surface area contributed by atoms with Crippen LogP contribution in [0.4, 0.5) is 0 Å². The number of carbonyl (C=O) groups is 5. The Bertz CT molecular complexity index is 1100. The summed E-state index contributed by atoms with van der Waals surface area (Å²) in [6.45, 7) is 2.99. The average molecular weight is 503 g/mol. The number of hydrogen-bond donors (Lipinski definition) is 7. The van der Waals surface area contributed by atoms with Crippen molar-refractivity contribution in [2.24, 2.45) is 17.4 Å². The van der Waals surface area contributed by atoms with Gasteiger partial charge < -0.3 is 37.5 Å². The van der Waals surface area contributed by atoms with E-state index in [2.05, 4.69) is 20.9 Å². The van der Waals surface area contributed by atoms with Crippen LogP contribution in [0.15, 0.2) is 30.5 Å². The molecule has 4 unspecified atom stereocenters. The Hall–Kier alpha value is -3.93. The summed E-state index contributed by atoms with van der Waals surface area (Å²) in [5.41, 5.74) is 12.9. The molecule has 12 heteroatoms. The van der Waals surface area contributed by atoms with Crippen LogP contribution >= 0.6 is 0 Å². The summed E-state index contributed by atoms with van der Waals surface area (Å²) in [5, 5.41) is 17.6.